The largest absolute Gasteiger partial charge is 0.496 e. The minimum absolute atomic E-state index is 0. The average Bonchev–Trinajstić information content (AvgIpc) is 2.69. The second-order valence-corrected chi connectivity index (χ2v) is 6.62. The highest BCUT2D eigenvalue weighted by atomic mass is 127. The van der Waals surface area contributed by atoms with E-state index < -0.39 is 5.97 Å². The van der Waals surface area contributed by atoms with Gasteiger partial charge in [0.2, 0.25) is 0 Å². The molecule has 0 unspecified atom stereocenters. The lowest BCUT2D eigenvalue weighted by Gasteiger charge is -2.14. The van der Waals surface area contributed by atoms with E-state index in [9.17, 15) is 4.79 Å². The van der Waals surface area contributed by atoms with Crippen LogP contribution in [-0.2, 0) is 17.7 Å². The van der Waals surface area contributed by atoms with Gasteiger partial charge in [-0.25, -0.2) is 4.79 Å². The Labute approximate surface area is 190 Å². The van der Waals surface area contributed by atoms with Gasteiger partial charge < -0.3 is 20.1 Å². The Morgan fingerprint density at radius 1 is 1.00 bits per heavy atom. The summed E-state index contributed by atoms with van der Waals surface area (Å²) in [5, 5.41) is 6.58. The molecule has 2 aromatic carbocycles. The zero-order valence-electron chi connectivity index (χ0n) is 17.7. The smallest absolute Gasteiger partial charge is 0.341 e. The number of ether oxygens (including phenoxy) is 2. The first-order valence-electron chi connectivity index (χ1n) is 9.23. The van der Waals surface area contributed by atoms with Crippen LogP contribution in [0.3, 0.4) is 0 Å². The summed E-state index contributed by atoms with van der Waals surface area (Å²) in [4.78, 5) is 16.2. The van der Waals surface area contributed by atoms with Crippen LogP contribution in [0.25, 0.3) is 0 Å². The van der Waals surface area contributed by atoms with E-state index in [2.05, 4.69) is 47.7 Å². The predicted octanol–water partition coefficient (Wildman–Crippen LogP) is 3.62. The summed E-state index contributed by atoms with van der Waals surface area (Å²) in [6.07, 6.45) is 0.915. The number of hydrogen-bond donors (Lipinski definition) is 2. The molecule has 0 amide bonds. The van der Waals surface area contributed by atoms with Gasteiger partial charge in [-0.05, 0) is 43.5 Å². The number of carbonyl (C=O) groups excluding carboxylic acids is 1. The SMILES string of the molecule is CN=C(NCCc1cc(C)cc(C)c1)NCc1ccc(OC)c(C(=O)OC)c1.I. The Kier molecular flexibility index (Phi) is 10.5. The highest BCUT2D eigenvalue weighted by Gasteiger charge is 2.13. The van der Waals surface area contributed by atoms with Gasteiger partial charge in [-0.2, -0.15) is 0 Å². The van der Waals surface area contributed by atoms with Gasteiger partial charge in [0.05, 0.1) is 14.2 Å². The molecule has 0 aliphatic carbocycles. The first-order chi connectivity index (χ1) is 13.5. The number of aliphatic imine (C=N–C) groups is 1. The van der Waals surface area contributed by atoms with Crippen LogP contribution in [0.4, 0.5) is 0 Å². The third-order valence-corrected chi connectivity index (χ3v) is 4.34. The maximum absolute atomic E-state index is 11.9. The fourth-order valence-electron chi connectivity index (χ4n) is 3.08. The van der Waals surface area contributed by atoms with Crippen molar-refractivity contribution in [2.45, 2.75) is 26.8 Å². The van der Waals surface area contributed by atoms with Gasteiger partial charge >= 0.3 is 5.97 Å². The number of halogens is 1. The van der Waals surface area contributed by atoms with Crippen molar-refractivity contribution in [1.29, 1.82) is 0 Å². The number of aryl methyl sites for hydroxylation is 2. The molecule has 29 heavy (non-hydrogen) atoms. The fraction of sp³-hybridized carbons (Fsp3) is 0.364. The standard InChI is InChI=1S/C22H29N3O3.HI/c1-15-10-16(2)12-17(11-15)8-9-24-22(23-3)25-14-18-6-7-20(27-4)19(13-18)21(26)28-5;/h6-7,10-13H,8-9,14H2,1-5H3,(H2,23,24,25);1H. The second kappa shape index (κ2) is 12.3. The van der Waals surface area contributed by atoms with Gasteiger partial charge in [0.15, 0.2) is 5.96 Å². The van der Waals surface area contributed by atoms with Gasteiger partial charge in [0.1, 0.15) is 11.3 Å². The number of methoxy groups -OCH3 is 2. The van der Waals surface area contributed by atoms with Crippen LogP contribution in [-0.4, -0.2) is 39.7 Å². The van der Waals surface area contributed by atoms with Gasteiger partial charge in [0.25, 0.3) is 0 Å². The minimum Gasteiger partial charge on any atom is -0.496 e. The number of rotatable bonds is 7. The Hall–Kier alpha value is -2.29. The van der Waals surface area contributed by atoms with E-state index in [1.807, 2.05) is 6.07 Å². The van der Waals surface area contributed by atoms with Crippen molar-refractivity contribution in [3.8, 4) is 5.75 Å². The summed E-state index contributed by atoms with van der Waals surface area (Å²) in [5.41, 5.74) is 5.19. The van der Waals surface area contributed by atoms with Crippen LogP contribution < -0.4 is 15.4 Å². The number of guanidine groups is 1. The van der Waals surface area contributed by atoms with Crippen molar-refractivity contribution in [2.75, 3.05) is 27.8 Å². The zero-order chi connectivity index (χ0) is 20.5. The highest BCUT2D eigenvalue weighted by molar-refractivity contribution is 14.0. The average molecular weight is 511 g/mol. The summed E-state index contributed by atoms with van der Waals surface area (Å²) in [7, 11) is 4.62. The summed E-state index contributed by atoms with van der Waals surface area (Å²) < 4.78 is 10.0. The minimum atomic E-state index is -0.422. The normalized spacial score (nSPS) is 10.7. The summed E-state index contributed by atoms with van der Waals surface area (Å²) in [6, 6.07) is 12.0. The molecule has 6 nitrogen and oxygen atoms in total. The van der Waals surface area contributed by atoms with E-state index >= 15 is 0 Å². The van der Waals surface area contributed by atoms with Crippen molar-refractivity contribution in [3.05, 3.63) is 64.2 Å². The molecule has 0 atom stereocenters. The molecule has 0 radical (unpaired) electrons. The lowest BCUT2D eigenvalue weighted by Crippen LogP contribution is -2.37. The van der Waals surface area contributed by atoms with Crippen LogP contribution in [0.5, 0.6) is 5.75 Å². The maximum atomic E-state index is 11.9. The van der Waals surface area contributed by atoms with Crippen molar-refractivity contribution in [2.24, 2.45) is 4.99 Å². The van der Waals surface area contributed by atoms with E-state index in [1.54, 1.807) is 19.2 Å². The lowest BCUT2D eigenvalue weighted by atomic mass is 10.1. The third kappa shape index (κ3) is 7.56. The van der Waals surface area contributed by atoms with Crippen LogP contribution in [0.15, 0.2) is 41.4 Å². The summed E-state index contributed by atoms with van der Waals surface area (Å²) in [6.45, 7) is 5.53. The second-order valence-electron chi connectivity index (χ2n) is 6.62. The number of carbonyl (C=O) groups is 1. The molecule has 0 aliphatic heterocycles. The van der Waals surface area contributed by atoms with Crippen LogP contribution in [0.1, 0.15) is 32.6 Å². The molecular weight excluding hydrogens is 481 g/mol. The van der Waals surface area contributed by atoms with Gasteiger partial charge in [-0.3, -0.25) is 4.99 Å². The molecule has 0 saturated heterocycles. The topological polar surface area (TPSA) is 72.0 Å². The number of nitrogens with one attached hydrogen (secondary N) is 2. The van der Waals surface area contributed by atoms with E-state index in [4.69, 9.17) is 9.47 Å². The van der Waals surface area contributed by atoms with E-state index in [0.717, 1.165) is 18.5 Å². The number of hydrogen-bond acceptors (Lipinski definition) is 4. The predicted molar refractivity (Wildman–Crippen MR) is 128 cm³/mol. The first-order valence-corrected chi connectivity index (χ1v) is 9.23. The Bertz CT molecular complexity index is 833. The molecule has 0 bridgehead atoms. The van der Waals surface area contributed by atoms with Gasteiger partial charge in [-0.15, -0.1) is 24.0 Å². The first kappa shape index (κ1) is 24.7. The molecule has 0 fully saturated rings. The van der Waals surface area contributed by atoms with Crippen LogP contribution >= 0.6 is 24.0 Å². The molecule has 158 valence electrons. The van der Waals surface area contributed by atoms with Gasteiger partial charge in [0, 0.05) is 20.1 Å². The van der Waals surface area contributed by atoms with Crippen molar-refractivity contribution < 1.29 is 14.3 Å². The zero-order valence-corrected chi connectivity index (χ0v) is 20.0. The van der Waals surface area contributed by atoms with Crippen molar-refractivity contribution in [1.82, 2.24) is 10.6 Å². The number of benzene rings is 2. The summed E-state index contributed by atoms with van der Waals surface area (Å²) in [5.74, 6) is 0.779. The molecule has 0 spiro atoms. The third-order valence-electron chi connectivity index (χ3n) is 4.34. The highest BCUT2D eigenvalue weighted by Crippen LogP contribution is 2.20. The number of esters is 1. The molecule has 2 rings (SSSR count). The molecular formula is C22H30IN3O3. The molecule has 7 heteroatoms. The van der Waals surface area contributed by atoms with Crippen molar-refractivity contribution in [3.63, 3.8) is 0 Å². The fourth-order valence-corrected chi connectivity index (χ4v) is 3.08. The van der Waals surface area contributed by atoms with Gasteiger partial charge in [-0.1, -0.05) is 35.4 Å². The molecule has 2 aromatic rings. The van der Waals surface area contributed by atoms with Crippen LogP contribution in [0, 0.1) is 13.8 Å². The molecule has 0 aromatic heterocycles. The summed E-state index contributed by atoms with van der Waals surface area (Å²) >= 11 is 0. The Balaban J connectivity index is 0.00000420. The van der Waals surface area contributed by atoms with E-state index in [1.165, 1.54) is 30.9 Å². The molecule has 0 heterocycles. The maximum Gasteiger partial charge on any atom is 0.341 e. The van der Waals surface area contributed by atoms with E-state index in [-0.39, 0.29) is 24.0 Å². The van der Waals surface area contributed by atoms with Crippen molar-refractivity contribution >= 4 is 35.9 Å². The van der Waals surface area contributed by atoms with Crippen LogP contribution in [0.2, 0.25) is 0 Å². The lowest BCUT2D eigenvalue weighted by molar-refractivity contribution is 0.0597. The molecule has 0 aliphatic rings. The molecule has 2 N–H and O–H groups in total. The molecule has 0 saturated carbocycles. The monoisotopic (exact) mass is 511 g/mol. The quantitative estimate of drug-likeness (QED) is 0.257. The Morgan fingerprint density at radius 3 is 2.28 bits per heavy atom. The Morgan fingerprint density at radius 2 is 1.69 bits per heavy atom. The van der Waals surface area contributed by atoms with E-state index in [0.29, 0.717) is 23.8 Å². The number of nitrogens with zero attached hydrogens (tertiary/aromatic N) is 1.